The van der Waals surface area contributed by atoms with Crippen LogP contribution < -0.4 is 5.32 Å². The zero-order chi connectivity index (χ0) is 22.5. The number of nitrogens with zero attached hydrogens (tertiary/aromatic N) is 2. The summed E-state index contributed by atoms with van der Waals surface area (Å²) < 4.78 is 28.2. The van der Waals surface area contributed by atoms with Gasteiger partial charge in [-0.05, 0) is 55.2 Å². The van der Waals surface area contributed by atoms with Crippen LogP contribution in [-0.4, -0.2) is 54.7 Å². The van der Waals surface area contributed by atoms with Gasteiger partial charge in [-0.1, -0.05) is 18.2 Å². The Morgan fingerprint density at radius 1 is 1.12 bits per heavy atom. The zero-order valence-corrected chi connectivity index (χ0v) is 19.2. The molecule has 1 amide bonds. The molecule has 2 aliphatic heterocycles. The van der Waals surface area contributed by atoms with E-state index in [0.717, 1.165) is 37.9 Å². The monoisotopic (exact) mass is 452 g/mol. The molecule has 2 aromatic carbocycles. The van der Waals surface area contributed by atoms with Crippen molar-refractivity contribution in [2.75, 3.05) is 25.5 Å². The number of benzene rings is 2. The van der Waals surface area contributed by atoms with Crippen molar-refractivity contribution in [1.29, 1.82) is 0 Å². The second kappa shape index (κ2) is 8.03. The van der Waals surface area contributed by atoms with Gasteiger partial charge >= 0.3 is 0 Å². The summed E-state index contributed by atoms with van der Waals surface area (Å²) in [4.78, 5) is 17.6. The highest BCUT2D eigenvalue weighted by Crippen LogP contribution is 2.41. The highest BCUT2D eigenvalue weighted by Gasteiger charge is 2.39. The largest absolute Gasteiger partial charge is 0.357 e. The van der Waals surface area contributed by atoms with Crippen molar-refractivity contribution in [2.45, 2.75) is 43.2 Å². The minimum Gasteiger partial charge on any atom is -0.357 e. The van der Waals surface area contributed by atoms with E-state index in [1.165, 1.54) is 27.9 Å². The Labute approximate surface area is 188 Å². The summed E-state index contributed by atoms with van der Waals surface area (Å²) >= 11 is 0. The molecule has 1 aromatic heterocycles. The number of anilines is 1. The lowest BCUT2D eigenvalue weighted by Crippen LogP contribution is -2.48. The Bertz CT molecular complexity index is 1270. The summed E-state index contributed by atoms with van der Waals surface area (Å²) in [6.07, 6.45) is 2.60. The first-order valence-electron chi connectivity index (χ1n) is 11.0. The van der Waals surface area contributed by atoms with Crippen LogP contribution in [0.25, 0.3) is 10.9 Å². The number of nitrogens with one attached hydrogen (secondary N) is 2. The van der Waals surface area contributed by atoms with Gasteiger partial charge in [0.25, 0.3) is 0 Å². The quantitative estimate of drug-likeness (QED) is 0.634. The number of H-pyrrole nitrogens is 1. The van der Waals surface area contributed by atoms with Crippen LogP contribution in [0, 0.1) is 0 Å². The molecule has 3 aromatic rings. The van der Waals surface area contributed by atoms with E-state index in [-0.39, 0.29) is 22.9 Å². The van der Waals surface area contributed by atoms with Gasteiger partial charge in [-0.3, -0.25) is 9.69 Å². The predicted molar refractivity (Wildman–Crippen MR) is 125 cm³/mol. The Morgan fingerprint density at radius 3 is 2.62 bits per heavy atom. The predicted octanol–water partition coefficient (Wildman–Crippen LogP) is 3.51. The smallest absolute Gasteiger partial charge is 0.243 e. The molecule has 168 valence electrons. The van der Waals surface area contributed by atoms with E-state index in [4.69, 9.17) is 0 Å². The van der Waals surface area contributed by atoms with E-state index in [0.29, 0.717) is 5.69 Å². The van der Waals surface area contributed by atoms with Gasteiger partial charge in [0.2, 0.25) is 15.9 Å². The minimum atomic E-state index is -3.63. The Hall–Kier alpha value is -2.68. The number of piperidine rings is 1. The topological polar surface area (TPSA) is 85.5 Å². The SMILES string of the molecule is CC(=O)Nc1ccc(S(=O)(=O)N(C)[C@H]2CCN3CCc4c([nH]c5ccccc45)[C@@H]3C2)cc1. The van der Waals surface area contributed by atoms with E-state index < -0.39 is 10.0 Å². The van der Waals surface area contributed by atoms with Gasteiger partial charge in [0.1, 0.15) is 0 Å². The van der Waals surface area contributed by atoms with Crippen LogP contribution in [0.4, 0.5) is 5.69 Å². The molecule has 2 N–H and O–H groups in total. The molecule has 1 saturated heterocycles. The van der Waals surface area contributed by atoms with Crippen LogP contribution >= 0.6 is 0 Å². The Balaban J connectivity index is 1.39. The van der Waals surface area contributed by atoms with Gasteiger partial charge in [-0.25, -0.2) is 8.42 Å². The molecule has 7 nitrogen and oxygen atoms in total. The van der Waals surface area contributed by atoms with E-state index in [2.05, 4.69) is 33.4 Å². The van der Waals surface area contributed by atoms with Gasteiger partial charge in [-0.2, -0.15) is 4.31 Å². The average molecular weight is 453 g/mol. The van der Waals surface area contributed by atoms with E-state index >= 15 is 0 Å². The number of carbonyl (C=O) groups is 1. The second-order valence-corrected chi connectivity index (χ2v) is 10.8. The van der Waals surface area contributed by atoms with E-state index in [9.17, 15) is 13.2 Å². The molecule has 1 fully saturated rings. The Morgan fingerprint density at radius 2 is 1.88 bits per heavy atom. The van der Waals surface area contributed by atoms with Crippen molar-refractivity contribution >= 4 is 32.5 Å². The number of amides is 1. The van der Waals surface area contributed by atoms with E-state index in [1.54, 1.807) is 31.3 Å². The van der Waals surface area contributed by atoms with Crippen molar-refractivity contribution in [3.63, 3.8) is 0 Å². The summed E-state index contributed by atoms with van der Waals surface area (Å²) in [5.41, 5.74) is 4.36. The lowest BCUT2D eigenvalue weighted by atomic mass is 9.88. The number of sulfonamides is 1. The molecule has 0 bridgehead atoms. The highest BCUT2D eigenvalue weighted by molar-refractivity contribution is 7.89. The molecule has 32 heavy (non-hydrogen) atoms. The van der Waals surface area contributed by atoms with Crippen LogP contribution in [0.15, 0.2) is 53.4 Å². The standard InChI is InChI=1S/C24H28N4O3S/c1-16(29)25-17-7-9-19(10-8-17)32(30,31)27(2)18-11-13-28-14-12-21-20-5-3-4-6-22(20)26-24(21)23(28)15-18/h3-10,18,23,26H,11-15H2,1-2H3,(H,25,29)/t18-,23-/m0/s1. The number of hydrogen-bond donors (Lipinski definition) is 2. The lowest BCUT2D eigenvalue weighted by molar-refractivity contribution is -0.114. The fourth-order valence-corrected chi connectivity index (χ4v) is 6.60. The van der Waals surface area contributed by atoms with Crippen molar-refractivity contribution in [2.24, 2.45) is 0 Å². The molecular weight excluding hydrogens is 424 g/mol. The number of aromatic amines is 1. The third kappa shape index (κ3) is 3.62. The van der Waals surface area contributed by atoms with Crippen LogP contribution in [0.5, 0.6) is 0 Å². The third-order valence-corrected chi connectivity index (χ3v) is 8.80. The van der Waals surface area contributed by atoms with Crippen molar-refractivity contribution in [3.8, 4) is 0 Å². The molecule has 0 saturated carbocycles. The molecule has 0 unspecified atom stereocenters. The molecule has 8 heteroatoms. The van der Waals surface area contributed by atoms with Crippen molar-refractivity contribution < 1.29 is 13.2 Å². The first-order valence-corrected chi connectivity index (χ1v) is 12.5. The average Bonchev–Trinajstić information content (AvgIpc) is 3.17. The number of rotatable bonds is 4. The number of hydrogen-bond acceptors (Lipinski definition) is 4. The Kier molecular flexibility index (Phi) is 5.31. The molecule has 5 rings (SSSR count). The minimum absolute atomic E-state index is 0.0753. The first-order chi connectivity index (χ1) is 15.3. The van der Waals surface area contributed by atoms with Gasteiger partial charge < -0.3 is 10.3 Å². The number of aromatic nitrogens is 1. The highest BCUT2D eigenvalue weighted by atomic mass is 32.2. The summed E-state index contributed by atoms with van der Waals surface area (Å²) in [5.74, 6) is -0.187. The maximum atomic E-state index is 13.3. The molecule has 3 heterocycles. The van der Waals surface area contributed by atoms with Gasteiger partial charge in [0.15, 0.2) is 0 Å². The second-order valence-electron chi connectivity index (χ2n) is 8.77. The lowest BCUT2D eigenvalue weighted by Gasteiger charge is -2.44. The fraction of sp³-hybridized carbons (Fsp3) is 0.375. The molecule has 2 atom stereocenters. The van der Waals surface area contributed by atoms with Crippen molar-refractivity contribution in [1.82, 2.24) is 14.2 Å². The zero-order valence-electron chi connectivity index (χ0n) is 18.3. The van der Waals surface area contributed by atoms with Crippen LogP contribution in [0.3, 0.4) is 0 Å². The first kappa shape index (κ1) is 21.2. The molecule has 0 radical (unpaired) electrons. The van der Waals surface area contributed by atoms with E-state index in [1.807, 2.05) is 6.07 Å². The molecule has 0 aliphatic carbocycles. The van der Waals surface area contributed by atoms with Gasteiger partial charge in [0.05, 0.1) is 10.9 Å². The van der Waals surface area contributed by atoms with Crippen molar-refractivity contribution in [3.05, 3.63) is 59.8 Å². The molecule has 2 aliphatic rings. The molecular formula is C24H28N4O3S. The normalized spacial score (nSPS) is 21.3. The van der Waals surface area contributed by atoms with Crippen LogP contribution in [-0.2, 0) is 21.2 Å². The summed E-state index contributed by atoms with van der Waals surface area (Å²) in [6.45, 7) is 3.31. The van der Waals surface area contributed by atoms with Crippen LogP contribution in [0.2, 0.25) is 0 Å². The maximum Gasteiger partial charge on any atom is 0.243 e. The fourth-order valence-electron chi connectivity index (χ4n) is 5.20. The molecule has 0 spiro atoms. The number of carbonyl (C=O) groups excluding carboxylic acids is 1. The summed E-state index contributed by atoms with van der Waals surface area (Å²) in [7, 11) is -1.94. The van der Waals surface area contributed by atoms with Gasteiger partial charge in [0, 0.05) is 55.4 Å². The van der Waals surface area contributed by atoms with Crippen LogP contribution in [0.1, 0.15) is 37.1 Å². The summed E-state index contributed by atoms with van der Waals surface area (Å²) in [5, 5.41) is 3.95. The maximum absolute atomic E-state index is 13.3. The summed E-state index contributed by atoms with van der Waals surface area (Å²) in [6, 6.07) is 14.9. The number of para-hydroxylation sites is 1. The third-order valence-electron chi connectivity index (χ3n) is 6.88. The number of fused-ring (bicyclic) bond motifs is 5. The van der Waals surface area contributed by atoms with Gasteiger partial charge in [-0.15, -0.1) is 0 Å².